The van der Waals surface area contributed by atoms with Gasteiger partial charge < -0.3 is 16.6 Å². The molecular formula is C14H10N2O3. The maximum Gasteiger partial charge on any atom is 0.198 e. The second-order valence-corrected chi connectivity index (χ2v) is 4.36. The van der Waals surface area contributed by atoms with E-state index < -0.39 is 11.5 Å². The van der Waals surface area contributed by atoms with Crippen LogP contribution in [0.3, 0.4) is 0 Å². The lowest BCUT2D eigenvalue weighted by Gasteiger charge is -2.20. The van der Waals surface area contributed by atoms with Gasteiger partial charge in [-0.25, -0.2) is 0 Å². The highest BCUT2D eigenvalue weighted by atomic mass is 16.3. The summed E-state index contributed by atoms with van der Waals surface area (Å²) in [7, 11) is 0. The molecule has 0 fully saturated rings. The number of benzene rings is 2. The number of phenolic OH excluding ortho intramolecular Hbond substituents is 1. The van der Waals surface area contributed by atoms with Crippen LogP contribution in [0.15, 0.2) is 30.3 Å². The molecule has 0 bridgehead atoms. The second kappa shape index (κ2) is 3.58. The molecule has 5 heteroatoms. The van der Waals surface area contributed by atoms with Crippen molar-refractivity contribution in [3.8, 4) is 5.75 Å². The third-order valence-electron chi connectivity index (χ3n) is 3.23. The first-order valence-electron chi connectivity index (χ1n) is 5.61. The van der Waals surface area contributed by atoms with Crippen molar-refractivity contribution in [2.75, 3.05) is 11.5 Å². The summed E-state index contributed by atoms with van der Waals surface area (Å²) in [6.45, 7) is 0. The molecule has 1 aliphatic carbocycles. The van der Waals surface area contributed by atoms with Gasteiger partial charge in [-0.05, 0) is 6.07 Å². The van der Waals surface area contributed by atoms with Gasteiger partial charge in [-0.1, -0.05) is 24.3 Å². The van der Waals surface area contributed by atoms with Crippen molar-refractivity contribution in [3.05, 3.63) is 52.6 Å². The third kappa shape index (κ3) is 1.35. The highest BCUT2D eigenvalue weighted by molar-refractivity contribution is 6.31. The predicted octanol–water partition coefficient (Wildman–Crippen LogP) is 1.33. The first-order chi connectivity index (χ1) is 9.02. The second-order valence-electron chi connectivity index (χ2n) is 4.36. The Bertz CT molecular complexity index is 751. The van der Waals surface area contributed by atoms with Crippen molar-refractivity contribution in [1.29, 1.82) is 0 Å². The number of ketones is 2. The minimum absolute atomic E-state index is 0.0169. The molecule has 94 valence electrons. The van der Waals surface area contributed by atoms with Crippen LogP contribution in [-0.2, 0) is 0 Å². The molecule has 0 amide bonds. The molecule has 5 N–H and O–H groups in total. The molecular weight excluding hydrogens is 244 g/mol. The number of anilines is 2. The minimum atomic E-state index is -0.443. The Labute approximate surface area is 108 Å². The summed E-state index contributed by atoms with van der Waals surface area (Å²) >= 11 is 0. The fraction of sp³-hybridized carbons (Fsp3) is 0. The standard InChI is InChI=1S/C14H10N2O3/c15-8-5-9(16)14(19)11-10(8)12(17)6-3-1-2-4-7(6)13(11)18/h1-5,19H,15-16H2. The van der Waals surface area contributed by atoms with Crippen molar-refractivity contribution in [3.63, 3.8) is 0 Å². The largest absolute Gasteiger partial charge is 0.505 e. The summed E-state index contributed by atoms with van der Waals surface area (Å²) < 4.78 is 0. The highest BCUT2D eigenvalue weighted by Gasteiger charge is 2.34. The molecule has 2 aromatic carbocycles. The average Bonchev–Trinajstić information content (AvgIpc) is 2.40. The molecule has 19 heavy (non-hydrogen) atoms. The zero-order valence-corrected chi connectivity index (χ0v) is 9.81. The van der Waals surface area contributed by atoms with Gasteiger partial charge in [0.1, 0.15) is 0 Å². The molecule has 0 atom stereocenters. The van der Waals surface area contributed by atoms with E-state index in [0.717, 1.165) is 0 Å². The third-order valence-corrected chi connectivity index (χ3v) is 3.23. The fourth-order valence-corrected chi connectivity index (χ4v) is 2.33. The Balaban J connectivity index is 2.43. The number of aromatic hydroxyl groups is 1. The maximum absolute atomic E-state index is 12.4. The van der Waals surface area contributed by atoms with Crippen LogP contribution in [0.5, 0.6) is 5.75 Å². The summed E-state index contributed by atoms with van der Waals surface area (Å²) in [4.78, 5) is 24.7. The number of nitrogen functional groups attached to an aromatic ring is 2. The minimum Gasteiger partial charge on any atom is -0.505 e. The Kier molecular flexibility index (Phi) is 2.13. The molecule has 2 aromatic rings. The van der Waals surface area contributed by atoms with Gasteiger partial charge in [0.05, 0.1) is 16.8 Å². The summed E-state index contributed by atoms with van der Waals surface area (Å²) in [5, 5.41) is 9.93. The van der Waals surface area contributed by atoms with Crippen LogP contribution in [0.25, 0.3) is 0 Å². The highest BCUT2D eigenvalue weighted by Crippen LogP contribution is 2.39. The SMILES string of the molecule is Nc1cc(N)c2c(c1O)C(=O)c1ccccc1C2=O. The van der Waals surface area contributed by atoms with Crippen LogP contribution in [0.4, 0.5) is 11.4 Å². The van der Waals surface area contributed by atoms with Crippen molar-refractivity contribution in [1.82, 2.24) is 0 Å². The molecule has 0 aliphatic heterocycles. The number of rotatable bonds is 0. The molecule has 0 spiro atoms. The van der Waals surface area contributed by atoms with E-state index in [9.17, 15) is 14.7 Å². The van der Waals surface area contributed by atoms with Gasteiger partial charge in [0.15, 0.2) is 17.3 Å². The average molecular weight is 254 g/mol. The van der Waals surface area contributed by atoms with E-state index in [-0.39, 0.29) is 39.4 Å². The van der Waals surface area contributed by atoms with Crippen molar-refractivity contribution in [2.24, 2.45) is 0 Å². The van der Waals surface area contributed by atoms with E-state index in [1.54, 1.807) is 18.2 Å². The van der Waals surface area contributed by atoms with Gasteiger partial charge in [-0.2, -0.15) is 0 Å². The normalized spacial score (nSPS) is 13.1. The smallest absolute Gasteiger partial charge is 0.198 e. The molecule has 0 radical (unpaired) electrons. The number of carbonyl (C=O) groups is 2. The zero-order chi connectivity index (χ0) is 13.7. The summed E-state index contributed by atoms with van der Waals surface area (Å²) in [6, 6.07) is 7.71. The topological polar surface area (TPSA) is 106 Å². The monoisotopic (exact) mass is 254 g/mol. The molecule has 0 aromatic heterocycles. The molecule has 0 unspecified atom stereocenters. The molecule has 5 nitrogen and oxygen atoms in total. The lowest BCUT2D eigenvalue weighted by molar-refractivity contribution is 0.0977. The van der Waals surface area contributed by atoms with E-state index in [2.05, 4.69) is 0 Å². The van der Waals surface area contributed by atoms with Crippen LogP contribution in [0.1, 0.15) is 31.8 Å². The van der Waals surface area contributed by atoms with Crippen molar-refractivity contribution in [2.45, 2.75) is 0 Å². The lowest BCUT2D eigenvalue weighted by Crippen LogP contribution is -2.22. The van der Waals surface area contributed by atoms with E-state index in [0.29, 0.717) is 0 Å². The van der Waals surface area contributed by atoms with Crippen LogP contribution in [0.2, 0.25) is 0 Å². The van der Waals surface area contributed by atoms with Crippen molar-refractivity contribution >= 4 is 22.9 Å². The quantitative estimate of drug-likeness (QED) is 0.319. The predicted molar refractivity (Wildman–Crippen MR) is 70.2 cm³/mol. The van der Waals surface area contributed by atoms with Gasteiger partial charge in [-0.15, -0.1) is 0 Å². The number of fused-ring (bicyclic) bond motifs is 2. The summed E-state index contributed by atoms with van der Waals surface area (Å²) in [6.07, 6.45) is 0. The van der Waals surface area contributed by atoms with Gasteiger partial charge in [0.2, 0.25) is 0 Å². The van der Waals surface area contributed by atoms with Crippen LogP contribution < -0.4 is 11.5 Å². The van der Waals surface area contributed by atoms with Crippen LogP contribution >= 0.6 is 0 Å². The molecule has 3 rings (SSSR count). The lowest BCUT2D eigenvalue weighted by atomic mass is 9.82. The number of hydrogen-bond donors (Lipinski definition) is 3. The Morgan fingerprint density at radius 2 is 1.37 bits per heavy atom. The Morgan fingerprint density at radius 1 is 0.842 bits per heavy atom. The number of carbonyl (C=O) groups excluding carboxylic acids is 2. The van der Waals surface area contributed by atoms with E-state index in [1.165, 1.54) is 12.1 Å². The summed E-state index contributed by atoms with van der Waals surface area (Å²) in [5.74, 6) is -1.21. The maximum atomic E-state index is 12.4. The van der Waals surface area contributed by atoms with Crippen LogP contribution in [-0.4, -0.2) is 16.7 Å². The number of phenols is 1. The molecule has 0 saturated carbocycles. The first-order valence-corrected chi connectivity index (χ1v) is 5.61. The zero-order valence-electron chi connectivity index (χ0n) is 9.81. The van der Waals surface area contributed by atoms with E-state index in [4.69, 9.17) is 11.5 Å². The van der Waals surface area contributed by atoms with Crippen LogP contribution in [0, 0.1) is 0 Å². The fourth-order valence-electron chi connectivity index (χ4n) is 2.33. The van der Waals surface area contributed by atoms with Crippen molar-refractivity contribution < 1.29 is 14.7 Å². The Hall–Kier alpha value is -2.82. The summed E-state index contributed by atoms with van der Waals surface area (Å²) in [5.41, 5.74) is 11.9. The number of hydrogen-bond acceptors (Lipinski definition) is 5. The molecule has 0 heterocycles. The van der Waals surface area contributed by atoms with Gasteiger partial charge in [0.25, 0.3) is 0 Å². The Morgan fingerprint density at radius 3 is 1.95 bits per heavy atom. The molecule has 0 saturated heterocycles. The van der Waals surface area contributed by atoms with E-state index >= 15 is 0 Å². The van der Waals surface area contributed by atoms with Gasteiger partial charge in [0, 0.05) is 16.8 Å². The van der Waals surface area contributed by atoms with E-state index in [1.807, 2.05) is 0 Å². The van der Waals surface area contributed by atoms with Gasteiger partial charge >= 0.3 is 0 Å². The first kappa shape index (κ1) is 11.3. The number of nitrogens with two attached hydrogens (primary N) is 2. The van der Waals surface area contributed by atoms with Gasteiger partial charge in [-0.3, -0.25) is 9.59 Å². The molecule has 1 aliphatic rings.